The van der Waals surface area contributed by atoms with E-state index < -0.39 is 12.0 Å². The number of aliphatic carboxylic acids is 1. The van der Waals surface area contributed by atoms with Crippen LogP contribution in [0.5, 0.6) is 0 Å². The molecule has 1 aliphatic heterocycles. The van der Waals surface area contributed by atoms with Crippen LogP contribution in [0, 0.1) is 0 Å². The molecule has 4 nitrogen and oxygen atoms in total. The number of hydrogen-bond acceptors (Lipinski definition) is 4. The fourth-order valence-corrected chi connectivity index (χ4v) is 4.58. The van der Waals surface area contributed by atoms with Gasteiger partial charge >= 0.3 is 5.97 Å². The van der Waals surface area contributed by atoms with E-state index in [0.29, 0.717) is 16.5 Å². The first-order valence-electron chi connectivity index (χ1n) is 4.57. The van der Waals surface area contributed by atoms with Crippen LogP contribution >= 0.6 is 55.0 Å². The lowest BCUT2D eigenvalue weighted by atomic mass is 10.3. The molecule has 0 aromatic carbocycles. The average Bonchev–Trinajstić information content (AvgIpc) is 2.85. The lowest BCUT2D eigenvalue weighted by Gasteiger charge is -2.19. The maximum atomic E-state index is 12.1. The van der Waals surface area contributed by atoms with Gasteiger partial charge in [-0.05, 0) is 37.9 Å². The van der Waals surface area contributed by atoms with E-state index in [2.05, 4.69) is 31.9 Å². The van der Waals surface area contributed by atoms with Crippen molar-refractivity contribution < 1.29 is 14.7 Å². The van der Waals surface area contributed by atoms with Gasteiger partial charge in [0.1, 0.15) is 6.04 Å². The van der Waals surface area contributed by atoms with Gasteiger partial charge in [-0.2, -0.15) is 0 Å². The Labute approximate surface area is 123 Å². The van der Waals surface area contributed by atoms with Crippen LogP contribution in [0.15, 0.2) is 14.3 Å². The number of carbonyl (C=O) groups is 2. The summed E-state index contributed by atoms with van der Waals surface area (Å²) in [4.78, 5) is 25.1. The molecule has 0 saturated carbocycles. The van der Waals surface area contributed by atoms with Crippen LogP contribution in [-0.2, 0) is 4.79 Å². The highest BCUT2D eigenvalue weighted by atomic mass is 79.9. The molecule has 8 heteroatoms. The van der Waals surface area contributed by atoms with Crippen LogP contribution in [0.25, 0.3) is 0 Å². The smallest absolute Gasteiger partial charge is 0.327 e. The molecule has 1 atom stereocenters. The summed E-state index contributed by atoms with van der Waals surface area (Å²) in [6.45, 7) is 0. The van der Waals surface area contributed by atoms with Gasteiger partial charge in [-0.15, -0.1) is 23.1 Å². The van der Waals surface area contributed by atoms with Crippen molar-refractivity contribution in [2.24, 2.45) is 0 Å². The molecular weight excluding hydrogens is 394 g/mol. The third-order valence-electron chi connectivity index (χ3n) is 2.28. The van der Waals surface area contributed by atoms with Crippen molar-refractivity contribution >= 4 is 66.8 Å². The second-order valence-electron chi connectivity index (χ2n) is 3.36. The van der Waals surface area contributed by atoms with Crippen molar-refractivity contribution in [1.29, 1.82) is 0 Å². The van der Waals surface area contributed by atoms with E-state index in [1.807, 2.05) is 0 Å². The molecule has 0 bridgehead atoms. The SMILES string of the molecule is O=C(O)C1CSCN1C(=O)c1cc(Br)c(Br)s1. The van der Waals surface area contributed by atoms with Crippen molar-refractivity contribution in [2.45, 2.75) is 6.04 Å². The first kappa shape index (κ1) is 13.4. The summed E-state index contributed by atoms with van der Waals surface area (Å²) < 4.78 is 1.64. The summed E-state index contributed by atoms with van der Waals surface area (Å²) >= 11 is 9.38. The number of halogens is 2. The van der Waals surface area contributed by atoms with Gasteiger partial charge in [0, 0.05) is 10.2 Å². The highest BCUT2D eigenvalue weighted by molar-refractivity contribution is 9.13. The van der Waals surface area contributed by atoms with Gasteiger partial charge in [0.05, 0.1) is 14.5 Å². The third kappa shape index (κ3) is 2.69. The van der Waals surface area contributed by atoms with E-state index in [1.165, 1.54) is 28.0 Å². The van der Waals surface area contributed by atoms with Gasteiger partial charge in [0.15, 0.2) is 0 Å². The molecule has 17 heavy (non-hydrogen) atoms. The standard InChI is InChI=1S/C9H7Br2NO3S2/c10-4-1-6(17-7(4)11)8(13)12-3-16-2-5(12)9(14)15/h1,5H,2-3H2,(H,14,15). The summed E-state index contributed by atoms with van der Waals surface area (Å²) in [6.07, 6.45) is 0. The zero-order valence-electron chi connectivity index (χ0n) is 8.35. The fourth-order valence-electron chi connectivity index (χ4n) is 1.44. The predicted octanol–water partition coefficient (Wildman–Crippen LogP) is 2.87. The largest absolute Gasteiger partial charge is 0.480 e. The van der Waals surface area contributed by atoms with Gasteiger partial charge in [-0.3, -0.25) is 4.79 Å². The number of amides is 1. The molecular formula is C9H7Br2NO3S2. The van der Waals surface area contributed by atoms with E-state index in [0.717, 1.165) is 8.26 Å². The maximum Gasteiger partial charge on any atom is 0.327 e. The molecule has 1 aliphatic rings. The second-order valence-corrected chi connectivity index (χ2v) is 7.59. The van der Waals surface area contributed by atoms with E-state index in [9.17, 15) is 9.59 Å². The van der Waals surface area contributed by atoms with Gasteiger partial charge in [0.25, 0.3) is 5.91 Å². The summed E-state index contributed by atoms with van der Waals surface area (Å²) in [5.41, 5.74) is 0. The number of carbonyl (C=O) groups excluding carboxylic acids is 1. The zero-order chi connectivity index (χ0) is 12.6. The molecule has 1 fully saturated rings. The fraction of sp³-hybridized carbons (Fsp3) is 0.333. The quantitative estimate of drug-likeness (QED) is 0.829. The molecule has 1 unspecified atom stereocenters. The van der Waals surface area contributed by atoms with Crippen molar-refractivity contribution in [3.05, 3.63) is 19.2 Å². The van der Waals surface area contributed by atoms with E-state index >= 15 is 0 Å². The predicted molar refractivity (Wildman–Crippen MR) is 74.6 cm³/mol. The Balaban J connectivity index is 2.22. The van der Waals surface area contributed by atoms with Crippen LogP contribution in [0.3, 0.4) is 0 Å². The van der Waals surface area contributed by atoms with Crippen LogP contribution in [0.4, 0.5) is 0 Å². The normalized spacial score (nSPS) is 19.6. The lowest BCUT2D eigenvalue weighted by Crippen LogP contribution is -2.41. The number of carboxylic acid groups (broad SMARTS) is 1. The first-order chi connectivity index (χ1) is 8.00. The summed E-state index contributed by atoms with van der Waals surface area (Å²) in [5.74, 6) is -0.283. The topological polar surface area (TPSA) is 57.6 Å². The number of hydrogen-bond donors (Lipinski definition) is 1. The molecule has 2 rings (SSSR count). The third-order valence-corrected chi connectivity index (χ3v) is 6.54. The zero-order valence-corrected chi connectivity index (χ0v) is 13.2. The minimum Gasteiger partial charge on any atom is -0.480 e. The average molecular weight is 401 g/mol. The van der Waals surface area contributed by atoms with Crippen molar-refractivity contribution in [3.8, 4) is 0 Å². The minimum atomic E-state index is -0.946. The molecule has 0 spiro atoms. The molecule has 1 aromatic heterocycles. The number of carboxylic acids is 1. The Morgan fingerprint density at radius 2 is 2.18 bits per heavy atom. The number of thioether (sulfide) groups is 1. The molecule has 1 amide bonds. The Morgan fingerprint density at radius 1 is 1.47 bits per heavy atom. The van der Waals surface area contributed by atoms with E-state index in [4.69, 9.17) is 5.11 Å². The molecule has 92 valence electrons. The van der Waals surface area contributed by atoms with E-state index in [1.54, 1.807) is 6.07 Å². The Hall–Kier alpha value is -0.0500. The number of thiophene rings is 1. The maximum absolute atomic E-state index is 12.1. The summed E-state index contributed by atoms with van der Waals surface area (Å²) in [6, 6.07) is 0.992. The molecule has 0 radical (unpaired) electrons. The van der Waals surface area contributed by atoms with Crippen LogP contribution in [0.2, 0.25) is 0 Å². The lowest BCUT2D eigenvalue weighted by molar-refractivity contribution is -0.140. The van der Waals surface area contributed by atoms with Crippen molar-refractivity contribution in [1.82, 2.24) is 4.90 Å². The van der Waals surface area contributed by atoms with Crippen LogP contribution in [-0.4, -0.2) is 39.6 Å². The van der Waals surface area contributed by atoms with E-state index in [-0.39, 0.29) is 5.91 Å². The van der Waals surface area contributed by atoms with Gasteiger partial charge in [0.2, 0.25) is 0 Å². The molecule has 1 N–H and O–H groups in total. The Bertz CT molecular complexity index is 457. The Kier molecular flexibility index (Phi) is 4.17. The molecule has 1 aromatic rings. The van der Waals surface area contributed by atoms with Gasteiger partial charge in [-0.25, -0.2) is 4.79 Å². The van der Waals surface area contributed by atoms with Gasteiger partial charge < -0.3 is 10.0 Å². The number of rotatable bonds is 2. The first-order valence-corrected chi connectivity index (χ1v) is 8.12. The van der Waals surface area contributed by atoms with Crippen LogP contribution < -0.4 is 0 Å². The highest BCUT2D eigenvalue weighted by Gasteiger charge is 2.35. The van der Waals surface area contributed by atoms with Crippen LogP contribution in [0.1, 0.15) is 9.67 Å². The second kappa shape index (κ2) is 5.29. The number of nitrogens with zero attached hydrogens (tertiary/aromatic N) is 1. The summed E-state index contributed by atoms with van der Waals surface area (Å²) in [7, 11) is 0. The summed E-state index contributed by atoms with van der Waals surface area (Å²) in [5, 5.41) is 9.02. The van der Waals surface area contributed by atoms with Crippen molar-refractivity contribution in [2.75, 3.05) is 11.6 Å². The van der Waals surface area contributed by atoms with Gasteiger partial charge in [-0.1, -0.05) is 0 Å². The highest BCUT2D eigenvalue weighted by Crippen LogP contribution is 2.34. The minimum absolute atomic E-state index is 0.223. The monoisotopic (exact) mass is 399 g/mol. The molecule has 1 saturated heterocycles. The Morgan fingerprint density at radius 3 is 2.71 bits per heavy atom. The molecule has 2 heterocycles. The van der Waals surface area contributed by atoms with Crippen molar-refractivity contribution in [3.63, 3.8) is 0 Å². The molecule has 0 aliphatic carbocycles.